The minimum Gasteiger partial charge on any atom is -0.261 e. The molecule has 1 aliphatic heterocycles. The summed E-state index contributed by atoms with van der Waals surface area (Å²) in [6.07, 6.45) is 10.2. The first-order valence-electron chi connectivity index (χ1n) is 4.76. The topological polar surface area (TPSA) is 12.4 Å². The van der Waals surface area contributed by atoms with Crippen molar-refractivity contribution in [3.8, 4) is 0 Å². The Labute approximate surface area is 80.6 Å². The minimum absolute atomic E-state index is 0.679. The molecule has 0 saturated heterocycles. The van der Waals surface area contributed by atoms with Crippen LogP contribution in [0.1, 0.15) is 26.7 Å². The standard InChI is InChI=1S/C12H17N/c1-10(2)8-12-7-5-4-6-11(3)13-9-12/h4-5,7,9-10H,3,6,8H2,1-2H3/b5-4+,12-7-,13-9?. The van der Waals surface area contributed by atoms with Gasteiger partial charge in [0.25, 0.3) is 0 Å². The van der Waals surface area contributed by atoms with Crippen LogP contribution in [-0.2, 0) is 0 Å². The number of hydrogen-bond donors (Lipinski definition) is 0. The van der Waals surface area contributed by atoms with Crippen molar-refractivity contribution >= 4 is 6.21 Å². The third kappa shape index (κ3) is 3.88. The van der Waals surface area contributed by atoms with Gasteiger partial charge in [-0.1, -0.05) is 38.7 Å². The molecule has 0 aliphatic carbocycles. The van der Waals surface area contributed by atoms with Gasteiger partial charge in [-0.2, -0.15) is 0 Å². The predicted octanol–water partition coefficient (Wildman–Crippen LogP) is 3.50. The van der Waals surface area contributed by atoms with E-state index in [9.17, 15) is 0 Å². The fourth-order valence-corrected chi connectivity index (χ4v) is 1.26. The second-order valence-corrected chi connectivity index (χ2v) is 3.80. The van der Waals surface area contributed by atoms with Crippen LogP contribution in [0.15, 0.2) is 41.1 Å². The molecule has 0 aromatic rings. The van der Waals surface area contributed by atoms with E-state index in [0.29, 0.717) is 5.92 Å². The Hall–Kier alpha value is -1.11. The van der Waals surface area contributed by atoms with E-state index in [1.807, 2.05) is 6.21 Å². The molecule has 1 rings (SSSR count). The summed E-state index contributed by atoms with van der Waals surface area (Å²) >= 11 is 0. The summed E-state index contributed by atoms with van der Waals surface area (Å²) in [6.45, 7) is 8.28. The molecule has 0 N–H and O–H groups in total. The largest absolute Gasteiger partial charge is 0.261 e. The van der Waals surface area contributed by atoms with Gasteiger partial charge in [0.15, 0.2) is 0 Å². The Kier molecular flexibility index (Phi) is 3.69. The van der Waals surface area contributed by atoms with Crippen LogP contribution in [0.2, 0.25) is 0 Å². The molecule has 1 heterocycles. The molecular formula is C12H17N. The maximum atomic E-state index is 4.28. The third-order valence-electron chi connectivity index (χ3n) is 1.86. The predicted molar refractivity (Wildman–Crippen MR) is 58.9 cm³/mol. The minimum atomic E-state index is 0.679. The van der Waals surface area contributed by atoms with Crippen LogP contribution < -0.4 is 0 Å². The zero-order valence-corrected chi connectivity index (χ0v) is 8.46. The highest BCUT2D eigenvalue weighted by Gasteiger charge is 1.99. The average molecular weight is 175 g/mol. The molecule has 1 aliphatic rings. The lowest BCUT2D eigenvalue weighted by atomic mass is 10.0. The molecule has 0 aromatic carbocycles. The number of rotatable bonds is 2. The Morgan fingerprint density at radius 1 is 1.54 bits per heavy atom. The van der Waals surface area contributed by atoms with E-state index in [0.717, 1.165) is 18.5 Å². The van der Waals surface area contributed by atoms with Crippen LogP contribution in [0.5, 0.6) is 0 Å². The van der Waals surface area contributed by atoms with Gasteiger partial charge in [0, 0.05) is 18.3 Å². The molecule has 0 atom stereocenters. The van der Waals surface area contributed by atoms with Gasteiger partial charge in [-0.05, 0) is 17.9 Å². The normalized spacial score (nSPS) is 23.6. The lowest BCUT2D eigenvalue weighted by Crippen LogP contribution is -1.94. The van der Waals surface area contributed by atoms with Gasteiger partial charge in [0.1, 0.15) is 0 Å². The van der Waals surface area contributed by atoms with Crippen molar-refractivity contribution in [1.82, 2.24) is 0 Å². The van der Waals surface area contributed by atoms with Crippen LogP contribution in [0, 0.1) is 5.92 Å². The van der Waals surface area contributed by atoms with E-state index < -0.39 is 0 Å². The Morgan fingerprint density at radius 2 is 2.31 bits per heavy atom. The molecule has 70 valence electrons. The van der Waals surface area contributed by atoms with E-state index in [1.54, 1.807) is 0 Å². The summed E-state index contributed by atoms with van der Waals surface area (Å²) in [7, 11) is 0. The monoisotopic (exact) mass is 175 g/mol. The molecule has 0 radical (unpaired) electrons. The summed E-state index contributed by atoms with van der Waals surface area (Å²) in [6, 6.07) is 0. The molecule has 13 heavy (non-hydrogen) atoms. The van der Waals surface area contributed by atoms with Gasteiger partial charge in [-0.3, -0.25) is 4.99 Å². The van der Waals surface area contributed by atoms with E-state index in [4.69, 9.17) is 0 Å². The molecule has 0 bridgehead atoms. The van der Waals surface area contributed by atoms with Gasteiger partial charge in [0.05, 0.1) is 0 Å². The maximum Gasteiger partial charge on any atom is 0.0369 e. The zero-order valence-electron chi connectivity index (χ0n) is 8.46. The molecule has 0 saturated carbocycles. The number of nitrogens with zero attached hydrogens (tertiary/aromatic N) is 1. The van der Waals surface area contributed by atoms with Crippen molar-refractivity contribution in [3.05, 3.63) is 36.1 Å². The summed E-state index contributed by atoms with van der Waals surface area (Å²) in [5.41, 5.74) is 2.22. The van der Waals surface area contributed by atoms with Crippen molar-refractivity contribution in [2.45, 2.75) is 26.7 Å². The molecule has 0 amide bonds. The number of allylic oxidation sites excluding steroid dienone is 4. The van der Waals surface area contributed by atoms with E-state index in [-0.39, 0.29) is 0 Å². The van der Waals surface area contributed by atoms with E-state index in [2.05, 4.69) is 43.6 Å². The van der Waals surface area contributed by atoms with Gasteiger partial charge >= 0.3 is 0 Å². The zero-order chi connectivity index (χ0) is 9.68. The SMILES string of the molecule is C=C1C/C=C/C=C(/CC(C)C)C=N1. The first kappa shape index (κ1) is 9.97. The lowest BCUT2D eigenvalue weighted by molar-refractivity contribution is 0.655. The second kappa shape index (κ2) is 4.80. The highest BCUT2D eigenvalue weighted by Crippen LogP contribution is 2.12. The van der Waals surface area contributed by atoms with Crippen LogP contribution >= 0.6 is 0 Å². The van der Waals surface area contributed by atoms with E-state index in [1.165, 1.54) is 5.57 Å². The summed E-state index contributed by atoms with van der Waals surface area (Å²) in [5.74, 6) is 0.679. The Bertz CT molecular complexity index is 267. The first-order chi connectivity index (χ1) is 6.18. The molecule has 0 unspecified atom stereocenters. The van der Waals surface area contributed by atoms with E-state index >= 15 is 0 Å². The third-order valence-corrected chi connectivity index (χ3v) is 1.86. The molecule has 0 aromatic heterocycles. The first-order valence-corrected chi connectivity index (χ1v) is 4.76. The summed E-state index contributed by atoms with van der Waals surface area (Å²) in [4.78, 5) is 4.28. The average Bonchev–Trinajstić information content (AvgIpc) is 2.03. The maximum absolute atomic E-state index is 4.28. The van der Waals surface area contributed by atoms with Crippen molar-refractivity contribution in [1.29, 1.82) is 0 Å². The fraction of sp³-hybridized carbons (Fsp3) is 0.417. The number of hydrogen-bond acceptors (Lipinski definition) is 1. The highest BCUT2D eigenvalue weighted by molar-refractivity contribution is 5.80. The molecule has 0 spiro atoms. The molecular weight excluding hydrogens is 158 g/mol. The Balaban J connectivity index is 2.71. The molecule has 1 nitrogen and oxygen atoms in total. The van der Waals surface area contributed by atoms with Crippen molar-refractivity contribution in [3.63, 3.8) is 0 Å². The van der Waals surface area contributed by atoms with Gasteiger partial charge < -0.3 is 0 Å². The van der Waals surface area contributed by atoms with Gasteiger partial charge in [-0.15, -0.1) is 0 Å². The van der Waals surface area contributed by atoms with Crippen molar-refractivity contribution < 1.29 is 0 Å². The Morgan fingerprint density at radius 3 is 3.00 bits per heavy atom. The number of aliphatic imine (C=N–C) groups is 1. The fourth-order valence-electron chi connectivity index (χ4n) is 1.26. The quantitative estimate of drug-likeness (QED) is 0.609. The lowest BCUT2D eigenvalue weighted by Gasteiger charge is -2.06. The van der Waals surface area contributed by atoms with Crippen LogP contribution in [-0.4, -0.2) is 6.21 Å². The highest BCUT2D eigenvalue weighted by atomic mass is 14.7. The van der Waals surface area contributed by atoms with Crippen molar-refractivity contribution in [2.75, 3.05) is 0 Å². The molecule has 0 fully saturated rings. The second-order valence-electron chi connectivity index (χ2n) is 3.80. The van der Waals surface area contributed by atoms with Gasteiger partial charge in [-0.25, -0.2) is 0 Å². The molecule has 1 heteroatoms. The van der Waals surface area contributed by atoms with Gasteiger partial charge in [0.2, 0.25) is 0 Å². The van der Waals surface area contributed by atoms with Crippen LogP contribution in [0.3, 0.4) is 0 Å². The van der Waals surface area contributed by atoms with Crippen LogP contribution in [0.25, 0.3) is 0 Å². The summed E-state index contributed by atoms with van der Waals surface area (Å²) < 4.78 is 0. The smallest absolute Gasteiger partial charge is 0.0369 e. The van der Waals surface area contributed by atoms with Crippen molar-refractivity contribution in [2.24, 2.45) is 10.9 Å². The van der Waals surface area contributed by atoms with Crippen LogP contribution in [0.4, 0.5) is 0 Å². The summed E-state index contributed by atoms with van der Waals surface area (Å²) in [5, 5.41) is 0.